The molecule has 0 amide bonds. The Morgan fingerprint density at radius 1 is 0.818 bits per heavy atom. The summed E-state index contributed by atoms with van der Waals surface area (Å²) in [5, 5.41) is 26.9. The number of aliphatic hydroxyl groups is 3. The molecule has 0 heterocycles. The van der Waals surface area contributed by atoms with Crippen LogP contribution in [0.4, 0.5) is 0 Å². The summed E-state index contributed by atoms with van der Waals surface area (Å²) in [5.74, 6) is 0. The lowest BCUT2D eigenvalue weighted by Gasteiger charge is -2.30. The number of hydrogen-bond donors (Lipinski definition) is 3. The van der Waals surface area contributed by atoms with Gasteiger partial charge in [0.1, 0.15) is 18.7 Å². The Balaban J connectivity index is 0. The van der Waals surface area contributed by atoms with Crippen molar-refractivity contribution in [1.29, 1.82) is 0 Å². The smallest absolute Gasteiger partial charge is 0.108 e. The molecule has 0 aromatic carbocycles. The molecule has 0 bridgehead atoms. The highest BCUT2D eigenvalue weighted by molar-refractivity contribution is 14.0. The molecule has 0 aromatic rings. The average molecular weight is 277 g/mol. The Morgan fingerprint density at radius 2 is 1.00 bits per heavy atom. The second kappa shape index (κ2) is 6.13. The number of aliphatic hydroxyl groups excluding tert-OH is 3. The molecular weight excluding hydrogens is 261 g/mol. The Hall–Kier alpha value is 0.570. The maximum absolute atomic E-state index is 8.96. The molecule has 0 saturated heterocycles. The maximum Gasteiger partial charge on any atom is 0.108 e. The van der Waals surface area contributed by atoms with E-state index in [0.29, 0.717) is 0 Å². The van der Waals surface area contributed by atoms with Gasteiger partial charge in [-0.25, -0.2) is 4.90 Å². The number of hydrogen-bond acceptors (Lipinski definition) is 4. The van der Waals surface area contributed by atoms with Gasteiger partial charge in [-0.05, 0) is 20.8 Å². The summed E-state index contributed by atoms with van der Waals surface area (Å²) in [6.45, 7) is 4.46. The molecule has 0 aliphatic heterocycles. The van der Waals surface area contributed by atoms with Crippen LogP contribution in [0.15, 0.2) is 0 Å². The molecule has 3 unspecified atom stereocenters. The minimum Gasteiger partial charge on any atom is -0.379 e. The minimum atomic E-state index is -0.833. The summed E-state index contributed by atoms with van der Waals surface area (Å²) in [6, 6.07) is 0. The van der Waals surface area contributed by atoms with Crippen LogP contribution in [0.25, 0.3) is 0 Å². The van der Waals surface area contributed by atoms with Crippen LogP contribution >= 0.6 is 24.0 Å². The molecule has 0 aromatic heterocycles. The van der Waals surface area contributed by atoms with Crippen LogP contribution < -0.4 is 0 Å². The Bertz CT molecular complexity index is 78.8. The predicted molar refractivity (Wildman–Crippen MR) is 52.3 cm³/mol. The second-order valence-corrected chi connectivity index (χ2v) is 2.34. The summed E-state index contributed by atoms with van der Waals surface area (Å²) in [6.07, 6.45) is -2.50. The number of halogens is 1. The lowest BCUT2D eigenvalue weighted by molar-refractivity contribution is -0.159. The summed E-state index contributed by atoms with van der Waals surface area (Å²) in [5.41, 5.74) is 0. The lowest BCUT2D eigenvalue weighted by Crippen LogP contribution is -2.45. The van der Waals surface area contributed by atoms with Gasteiger partial charge in [-0.2, -0.15) is 0 Å². The molecular formula is C6H16INO3. The van der Waals surface area contributed by atoms with E-state index < -0.39 is 18.7 Å². The molecule has 0 radical (unpaired) electrons. The first kappa shape index (κ1) is 14.1. The van der Waals surface area contributed by atoms with Crippen LogP contribution in [0, 0.1) is 0 Å². The summed E-state index contributed by atoms with van der Waals surface area (Å²) >= 11 is 0. The molecule has 0 saturated carbocycles. The zero-order valence-corrected chi connectivity index (χ0v) is 9.26. The summed E-state index contributed by atoms with van der Waals surface area (Å²) in [7, 11) is 0. The first-order valence-electron chi connectivity index (χ1n) is 3.28. The van der Waals surface area contributed by atoms with Crippen molar-refractivity contribution >= 4 is 24.0 Å². The molecule has 3 N–H and O–H groups in total. The highest BCUT2D eigenvalue weighted by Gasteiger charge is 2.19. The van der Waals surface area contributed by atoms with E-state index in [2.05, 4.69) is 0 Å². The average Bonchev–Trinajstić information content (AvgIpc) is 1.59. The van der Waals surface area contributed by atoms with E-state index in [4.69, 9.17) is 15.3 Å². The zero-order chi connectivity index (χ0) is 8.31. The molecule has 3 atom stereocenters. The fourth-order valence-electron chi connectivity index (χ4n) is 0.937. The molecule has 70 valence electrons. The van der Waals surface area contributed by atoms with Crippen molar-refractivity contribution in [3.8, 4) is 0 Å². The zero-order valence-electron chi connectivity index (χ0n) is 6.93. The van der Waals surface area contributed by atoms with Gasteiger partial charge in [0.15, 0.2) is 0 Å². The molecule has 5 heteroatoms. The topological polar surface area (TPSA) is 63.9 Å². The molecule has 0 aliphatic carbocycles. The van der Waals surface area contributed by atoms with Gasteiger partial charge in [0.2, 0.25) is 0 Å². The van der Waals surface area contributed by atoms with Crippen LogP contribution in [0.5, 0.6) is 0 Å². The predicted octanol–water partition coefficient (Wildman–Crippen LogP) is -0.0787. The van der Waals surface area contributed by atoms with Crippen LogP contribution in [0.3, 0.4) is 0 Å². The van der Waals surface area contributed by atoms with Crippen molar-refractivity contribution < 1.29 is 15.3 Å². The van der Waals surface area contributed by atoms with Gasteiger partial charge >= 0.3 is 0 Å². The fraction of sp³-hybridized carbons (Fsp3) is 1.00. The van der Waals surface area contributed by atoms with Crippen LogP contribution in [0.1, 0.15) is 20.8 Å². The Labute approximate surface area is 83.9 Å². The Kier molecular flexibility index (Phi) is 7.86. The van der Waals surface area contributed by atoms with Crippen LogP contribution in [0.2, 0.25) is 0 Å². The normalized spacial score (nSPS) is 18.8. The van der Waals surface area contributed by atoms with Gasteiger partial charge in [0.05, 0.1) is 0 Å². The van der Waals surface area contributed by atoms with Crippen LogP contribution in [-0.2, 0) is 0 Å². The maximum atomic E-state index is 8.96. The molecule has 0 spiro atoms. The van der Waals surface area contributed by atoms with Gasteiger partial charge in [-0.3, -0.25) is 0 Å². The summed E-state index contributed by atoms with van der Waals surface area (Å²) in [4.78, 5) is 1.17. The highest BCUT2D eigenvalue weighted by Crippen LogP contribution is 2.04. The molecule has 0 aliphatic rings. The molecule has 0 rings (SSSR count). The SMILES string of the molecule is CC(O)N(C(C)O)C(C)O.I. The minimum absolute atomic E-state index is 0. The van der Waals surface area contributed by atoms with Crippen molar-refractivity contribution in [3.63, 3.8) is 0 Å². The van der Waals surface area contributed by atoms with Crippen molar-refractivity contribution in [1.82, 2.24) is 4.90 Å². The quantitative estimate of drug-likeness (QED) is 0.499. The third-order valence-electron chi connectivity index (χ3n) is 1.29. The van der Waals surface area contributed by atoms with Crippen molar-refractivity contribution in [2.24, 2.45) is 0 Å². The first-order chi connectivity index (χ1) is 4.46. The van der Waals surface area contributed by atoms with Crippen molar-refractivity contribution in [2.75, 3.05) is 0 Å². The van der Waals surface area contributed by atoms with Gasteiger partial charge in [0.25, 0.3) is 0 Å². The molecule has 4 nitrogen and oxygen atoms in total. The summed E-state index contributed by atoms with van der Waals surface area (Å²) < 4.78 is 0. The number of nitrogens with zero attached hydrogens (tertiary/aromatic N) is 1. The van der Waals surface area contributed by atoms with Crippen LogP contribution in [-0.4, -0.2) is 38.9 Å². The standard InChI is InChI=1S/C6H15NO3.HI/c1-4(8)7(5(2)9)6(3)10;/h4-6,8-10H,1-3H3;1H. The third-order valence-corrected chi connectivity index (χ3v) is 1.29. The fourth-order valence-corrected chi connectivity index (χ4v) is 0.937. The van der Waals surface area contributed by atoms with Gasteiger partial charge in [0, 0.05) is 0 Å². The van der Waals surface area contributed by atoms with Crippen molar-refractivity contribution in [3.05, 3.63) is 0 Å². The van der Waals surface area contributed by atoms with Gasteiger partial charge in [-0.1, -0.05) is 0 Å². The molecule has 0 fully saturated rings. The molecule has 11 heavy (non-hydrogen) atoms. The monoisotopic (exact) mass is 277 g/mol. The van der Waals surface area contributed by atoms with E-state index in [9.17, 15) is 0 Å². The van der Waals surface area contributed by atoms with Gasteiger partial charge in [-0.15, -0.1) is 24.0 Å². The van der Waals surface area contributed by atoms with Crippen molar-refractivity contribution in [2.45, 2.75) is 39.5 Å². The third kappa shape index (κ3) is 4.91. The number of rotatable bonds is 3. The van der Waals surface area contributed by atoms with Gasteiger partial charge < -0.3 is 15.3 Å². The van der Waals surface area contributed by atoms with E-state index >= 15 is 0 Å². The lowest BCUT2D eigenvalue weighted by atomic mass is 10.4. The van der Waals surface area contributed by atoms with E-state index in [1.165, 1.54) is 25.7 Å². The largest absolute Gasteiger partial charge is 0.379 e. The second-order valence-electron chi connectivity index (χ2n) is 2.34. The van der Waals surface area contributed by atoms with E-state index in [1.54, 1.807) is 0 Å². The Morgan fingerprint density at radius 3 is 1.00 bits per heavy atom. The van der Waals surface area contributed by atoms with E-state index in [-0.39, 0.29) is 24.0 Å². The highest BCUT2D eigenvalue weighted by atomic mass is 127. The van der Waals surface area contributed by atoms with E-state index in [0.717, 1.165) is 0 Å². The van der Waals surface area contributed by atoms with E-state index in [1.807, 2.05) is 0 Å². The first-order valence-corrected chi connectivity index (χ1v) is 3.28.